The van der Waals surface area contributed by atoms with E-state index in [1.807, 2.05) is 20.8 Å². The number of hydrogen-bond acceptors (Lipinski definition) is 5. The normalized spacial score (nSPS) is 11.7. The fourth-order valence-corrected chi connectivity index (χ4v) is 3.61. The number of nitrogens with one attached hydrogen (secondary N) is 1. The second-order valence-electron chi connectivity index (χ2n) is 3.79. The Morgan fingerprint density at radius 3 is 1.83 bits per heavy atom. The van der Waals surface area contributed by atoms with Crippen LogP contribution in [0, 0.1) is 0 Å². The van der Waals surface area contributed by atoms with E-state index in [9.17, 15) is 4.79 Å². The second-order valence-corrected chi connectivity index (χ2v) is 6.38. The number of ether oxygens (including phenoxy) is 1. The molecule has 1 amide bonds. The first kappa shape index (κ1) is 17.4. The lowest BCUT2D eigenvalue weighted by molar-refractivity contribution is 0.0668. The lowest BCUT2D eigenvalue weighted by Gasteiger charge is -2.28. The highest BCUT2D eigenvalue weighted by Crippen LogP contribution is 2.09. The minimum atomic E-state index is -2.82. The van der Waals surface area contributed by atoms with Crippen molar-refractivity contribution in [3.63, 3.8) is 0 Å². The maximum Gasteiger partial charge on any atom is 0.521 e. The van der Waals surface area contributed by atoms with Gasteiger partial charge in [0.1, 0.15) is 0 Å². The Morgan fingerprint density at radius 2 is 1.50 bits per heavy atom. The molecular weight excluding hydrogens is 254 g/mol. The summed E-state index contributed by atoms with van der Waals surface area (Å²) < 4.78 is 21.8. The standard InChI is InChI=1S/C11H25NO5Si/c1-6-14-18(15-7-2,16-8-3)9-12-11(13)17-10(4)5/h10H,6-9H2,1-5H3,(H,12,13). The van der Waals surface area contributed by atoms with Crippen molar-refractivity contribution in [2.45, 2.75) is 40.7 Å². The van der Waals surface area contributed by atoms with Crippen LogP contribution in [0.3, 0.4) is 0 Å². The van der Waals surface area contributed by atoms with Gasteiger partial charge in [0.15, 0.2) is 0 Å². The fraction of sp³-hybridized carbons (Fsp3) is 0.909. The predicted octanol–water partition coefficient (Wildman–Crippen LogP) is 1.71. The molecule has 0 bridgehead atoms. The Kier molecular flexibility index (Phi) is 8.99. The Balaban J connectivity index is 4.41. The van der Waals surface area contributed by atoms with Crippen molar-refractivity contribution in [2.24, 2.45) is 0 Å². The number of alkyl carbamates (subject to hydrolysis) is 1. The van der Waals surface area contributed by atoms with Gasteiger partial charge >= 0.3 is 14.9 Å². The summed E-state index contributed by atoms with van der Waals surface area (Å²) >= 11 is 0. The number of rotatable bonds is 9. The number of hydrogen-bond donors (Lipinski definition) is 1. The minimum Gasteiger partial charge on any atom is -0.447 e. The van der Waals surface area contributed by atoms with Crippen molar-refractivity contribution >= 4 is 14.9 Å². The van der Waals surface area contributed by atoms with Gasteiger partial charge in [0, 0.05) is 19.8 Å². The lowest BCUT2D eigenvalue weighted by atomic mass is 10.5. The summed E-state index contributed by atoms with van der Waals surface area (Å²) in [4.78, 5) is 11.4. The van der Waals surface area contributed by atoms with Gasteiger partial charge in [-0.3, -0.25) is 0 Å². The van der Waals surface area contributed by atoms with E-state index in [0.717, 1.165) is 0 Å². The van der Waals surface area contributed by atoms with Crippen LogP contribution in [-0.4, -0.2) is 47.0 Å². The molecule has 0 saturated heterocycles. The van der Waals surface area contributed by atoms with Gasteiger partial charge in [0.2, 0.25) is 0 Å². The van der Waals surface area contributed by atoms with E-state index >= 15 is 0 Å². The molecule has 0 unspecified atom stereocenters. The molecule has 0 aromatic rings. The predicted molar refractivity (Wildman–Crippen MR) is 70.3 cm³/mol. The highest BCUT2D eigenvalue weighted by atomic mass is 28.4. The summed E-state index contributed by atoms with van der Waals surface area (Å²) in [5.74, 6) is 0. The molecule has 18 heavy (non-hydrogen) atoms. The van der Waals surface area contributed by atoms with Crippen LogP contribution in [0.25, 0.3) is 0 Å². The third kappa shape index (κ3) is 6.95. The first-order chi connectivity index (χ1) is 8.49. The van der Waals surface area contributed by atoms with Gasteiger partial charge in [-0.1, -0.05) is 0 Å². The maximum atomic E-state index is 11.4. The summed E-state index contributed by atoms with van der Waals surface area (Å²) in [7, 11) is -2.82. The van der Waals surface area contributed by atoms with Crippen LogP contribution in [0.1, 0.15) is 34.6 Å². The fourth-order valence-electron chi connectivity index (χ4n) is 1.37. The Morgan fingerprint density at radius 1 is 1.06 bits per heavy atom. The molecule has 0 heterocycles. The molecule has 0 fully saturated rings. The average Bonchev–Trinajstić information content (AvgIpc) is 2.27. The molecule has 1 N–H and O–H groups in total. The quantitative estimate of drug-likeness (QED) is 0.651. The molecule has 0 spiro atoms. The monoisotopic (exact) mass is 279 g/mol. The van der Waals surface area contributed by atoms with Crippen LogP contribution in [0.15, 0.2) is 0 Å². The SMILES string of the molecule is CCO[Si](CNC(=O)OC(C)C)(OCC)OCC. The van der Waals surface area contributed by atoms with E-state index in [2.05, 4.69) is 5.32 Å². The van der Waals surface area contributed by atoms with E-state index in [1.165, 1.54) is 0 Å². The van der Waals surface area contributed by atoms with Crippen LogP contribution in [-0.2, 0) is 18.0 Å². The van der Waals surface area contributed by atoms with Crippen LogP contribution in [0.4, 0.5) is 4.79 Å². The molecule has 108 valence electrons. The Bertz CT molecular complexity index is 220. The molecule has 0 saturated carbocycles. The summed E-state index contributed by atoms with van der Waals surface area (Å²) in [6, 6.07) is 0. The van der Waals surface area contributed by atoms with Crippen molar-refractivity contribution in [1.82, 2.24) is 5.32 Å². The summed E-state index contributed by atoms with van der Waals surface area (Å²) in [6.07, 6.45) is -0.429. The van der Waals surface area contributed by atoms with Gasteiger partial charge in [-0.25, -0.2) is 4.79 Å². The van der Waals surface area contributed by atoms with Crippen molar-refractivity contribution in [1.29, 1.82) is 0 Å². The second kappa shape index (κ2) is 9.32. The summed E-state index contributed by atoms with van der Waals surface area (Å²) in [6.45, 7) is 10.6. The van der Waals surface area contributed by atoms with Crippen molar-refractivity contribution < 1.29 is 22.8 Å². The Labute approximate surface area is 110 Å². The molecule has 0 aliphatic heterocycles. The van der Waals surface area contributed by atoms with E-state index in [0.29, 0.717) is 19.8 Å². The minimum absolute atomic E-state index is 0.160. The molecule has 0 rings (SSSR count). The smallest absolute Gasteiger partial charge is 0.447 e. The van der Waals surface area contributed by atoms with Gasteiger partial charge in [-0.2, -0.15) is 0 Å². The zero-order valence-corrected chi connectivity index (χ0v) is 12.9. The van der Waals surface area contributed by atoms with Gasteiger partial charge in [0.05, 0.1) is 12.3 Å². The molecule has 0 atom stereocenters. The highest BCUT2D eigenvalue weighted by Gasteiger charge is 2.41. The van der Waals surface area contributed by atoms with Crippen LogP contribution in [0.5, 0.6) is 0 Å². The lowest BCUT2D eigenvalue weighted by Crippen LogP contribution is -2.55. The number of carbonyl (C=O) groups is 1. The van der Waals surface area contributed by atoms with Crippen molar-refractivity contribution in [3.05, 3.63) is 0 Å². The van der Waals surface area contributed by atoms with Gasteiger partial charge in [-0.05, 0) is 34.6 Å². The first-order valence-electron chi connectivity index (χ1n) is 6.36. The van der Waals surface area contributed by atoms with Crippen LogP contribution >= 0.6 is 0 Å². The maximum absolute atomic E-state index is 11.4. The highest BCUT2D eigenvalue weighted by molar-refractivity contribution is 6.61. The molecule has 6 nitrogen and oxygen atoms in total. The molecule has 0 aliphatic rings. The molecule has 7 heteroatoms. The van der Waals surface area contributed by atoms with Crippen LogP contribution < -0.4 is 5.32 Å². The van der Waals surface area contributed by atoms with Gasteiger partial charge < -0.3 is 23.3 Å². The largest absolute Gasteiger partial charge is 0.521 e. The van der Waals surface area contributed by atoms with Crippen molar-refractivity contribution in [3.8, 4) is 0 Å². The van der Waals surface area contributed by atoms with E-state index < -0.39 is 14.9 Å². The number of amides is 1. The van der Waals surface area contributed by atoms with E-state index in [4.69, 9.17) is 18.0 Å². The third-order valence-corrected chi connectivity index (χ3v) is 4.68. The number of carbonyl (C=O) groups excluding carboxylic acids is 1. The van der Waals surface area contributed by atoms with Crippen molar-refractivity contribution in [2.75, 3.05) is 26.0 Å². The zero-order valence-electron chi connectivity index (χ0n) is 11.9. The van der Waals surface area contributed by atoms with Gasteiger partial charge in [-0.15, -0.1) is 0 Å². The molecule has 0 aromatic carbocycles. The van der Waals surface area contributed by atoms with Crippen LogP contribution in [0.2, 0.25) is 0 Å². The third-order valence-electron chi connectivity index (χ3n) is 1.88. The van der Waals surface area contributed by atoms with Gasteiger partial charge in [0.25, 0.3) is 0 Å². The van der Waals surface area contributed by atoms with E-state index in [-0.39, 0.29) is 12.3 Å². The summed E-state index contributed by atoms with van der Waals surface area (Å²) in [5.41, 5.74) is 0. The topological polar surface area (TPSA) is 66.0 Å². The van der Waals surface area contributed by atoms with E-state index in [1.54, 1.807) is 13.8 Å². The zero-order chi connectivity index (χ0) is 14.0. The molecule has 0 radical (unpaired) electrons. The Hall–Kier alpha value is -0.633. The first-order valence-corrected chi connectivity index (χ1v) is 8.29. The molecular formula is C11H25NO5Si. The molecule has 0 aliphatic carbocycles. The average molecular weight is 279 g/mol. The summed E-state index contributed by atoms with van der Waals surface area (Å²) in [5, 5.41) is 2.63. The molecule has 0 aromatic heterocycles.